The molecule has 1 N–H and O–H groups in total. The first-order valence-corrected chi connectivity index (χ1v) is 3.98. The van der Waals surface area contributed by atoms with Gasteiger partial charge in [-0.3, -0.25) is 4.79 Å². The van der Waals surface area contributed by atoms with Crippen molar-refractivity contribution in [3.63, 3.8) is 0 Å². The molecule has 82 valence electrons. The third kappa shape index (κ3) is 2.95. The number of methoxy groups -OCH3 is 1. The molecule has 0 aliphatic rings. The van der Waals surface area contributed by atoms with Gasteiger partial charge >= 0.3 is 0 Å². The van der Waals surface area contributed by atoms with Crippen LogP contribution in [0, 0.1) is 17.5 Å². The summed E-state index contributed by atoms with van der Waals surface area (Å²) in [6.45, 7) is -0.293. The van der Waals surface area contributed by atoms with Gasteiger partial charge in [0.05, 0.1) is 5.69 Å². The molecule has 0 aliphatic carbocycles. The minimum absolute atomic E-state index is 0.293. The largest absolute Gasteiger partial charge is 0.375 e. The Morgan fingerprint density at radius 1 is 1.27 bits per heavy atom. The fraction of sp³-hybridized carbons (Fsp3) is 0.222. The maximum atomic E-state index is 13.0. The predicted molar refractivity (Wildman–Crippen MR) is 46.8 cm³/mol. The van der Waals surface area contributed by atoms with Crippen LogP contribution in [0.3, 0.4) is 0 Å². The van der Waals surface area contributed by atoms with E-state index >= 15 is 0 Å². The summed E-state index contributed by atoms with van der Waals surface area (Å²) in [4.78, 5) is 10.9. The number of ether oxygens (including phenoxy) is 1. The highest BCUT2D eigenvalue weighted by molar-refractivity contribution is 5.91. The second-order valence-corrected chi connectivity index (χ2v) is 2.73. The number of halogens is 3. The van der Waals surface area contributed by atoms with Crippen LogP contribution in [0.1, 0.15) is 0 Å². The standard InChI is InChI=1S/C9H8F3NO2/c1-15-4-9(14)13-8-3-6(11)5(10)2-7(8)12/h2-3H,4H2,1H3,(H,13,14). The lowest BCUT2D eigenvalue weighted by Gasteiger charge is -2.06. The van der Waals surface area contributed by atoms with Crippen molar-refractivity contribution >= 4 is 11.6 Å². The van der Waals surface area contributed by atoms with E-state index in [2.05, 4.69) is 4.74 Å². The van der Waals surface area contributed by atoms with Crippen molar-refractivity contribution in [2.45, 2.75) is 0 Å². The highest BCUT2D eigenvalue weighted by atomic mass is 19.2. The number of carbonyl (C=O) groups excluding carboxylic acids is 1. The summed E-state index contributed by atoms with van der Waals surface area (Å²) in [6.07, 6.45) is 0. The van der Waals surface area contributed by atoms with E-state index in [0.29, 0.717) is 12.1 Å². The van der Waals surface area contributed by atoms with Crippen LogP contribution in [-0.2, 0) is 9.53 Å². The van der Waals surface area contributed by atoms with Gasteiger partial charge in [0.1, 0.15) is 12.4 Å². The van der Waals surface area contributed by atoms with Gasteiger partial charge in [0.25, 0.3) is 0 Å². The maximum absolute atomic E-state index is 13.0. The predicted octanol–water partition coefficient (Wildman–Crippen LogP) is 1.69. The Kier molecular flexibility index (Phi) is 3.68. The molecule has 0 atom stereocenters. The van der Waals surface area contributed by atoms with Gasteiger partial charge in [-0.1, -0.05) is 0 Å². The zero-order chi connectivity index (χ0) is 11.4. The molecule has 3 nitrogen and oxygen atoms in total. The molecule has 0 aromatic heterocycles. The molecule has 0 saturated heterocycles. The van der Waals surface area contributed by atoms with Gasteiger partial charge in [0.15, 0.2) is 11.6 Å². The Morgan fingerprint density at radius 2 is 1.87 bits per heavy atom. The Balaban J connectivity index is 2.86. The lowest BCUT2D eigenvalue weighted by molar-refractivity contribution is -0.119. The van der Waals surface area contributed by atoms with Crippen molar-refractivity contribution in [3.8, 4) is 0 Å². The Labute approximate surface area is 83.8 Å². The van der Waals surface area contributed by atoms with E-state index in [9.17, 15) is 18.0 Å². The molecule has 1 aromatic rings. The zero-order valence-electron chi connectivity index (χ0n) is 7.81. The zero-order valence-corrected chi connectivity index (χ0v) is 7.81. The lowest BCUT2D eigenvalue weighted by Crippen LogP contribution is -2.18. The average molecular weight is 219 g/mol. The molecule has 0 unspecified atom stereocenters. The van der Waals surface area contributed by atoms with E-state index in [1.807, 2.05) is 5.32 Å². The van der Waals surface area contributed by atoms with Crippen LogP contribution < -0.4 is 5.32 Å². The van der Waals surface area contributed by atoms with Crippen molar-refractivity contribution in [2.75, 3.05) is 19.0 Å². The summed E-state index contributed by atoms with van der Waals surface area (Å²) in [5, 5.41) is 2.03. The van der Waals surface area contributed by atoms with Crippen LogP contribution in [0.4, 0.5) is 18.9 Å². The van der Waals surface area contributed by atoms with Crippen LogP contribution in [0.25, 0.3) is 0 Å². The fourth-order valence-electron chi connectivity index (χ4n) is 0.936. The minimum atomic E-state index is -1.31. The van der Waals surface area contributed by atoms with E-state index in [1.165, 1.54) is 7.11 Å². The number of benzene rings is 1. The molecule has 1 rings (SSSR count). The van der Waals surface area contributed by atoms with Gasteiger partial charge in [0.2, 0.25) is 5.91 Å². The molecule has 0 saturated carbocycles. The van der Waals surface area contributed by atoms with Crippen LogP contribution >= 0.6 is 0 Å². The van der Waals surface area contributed by atoms with Gasteiger partial charge < -0.3 is 10.1 Å². The average Bonchev–Trinajstić information content (AvgIpc) is 2.14. The van der Waals surface area contributed by atoms with Crippen molar-refractivity contribution in [3.05, 3.63) is 29.6 Å². The monoisotopic (exact) mass is 219 g/mol. The van der Waals surface area contributed by atoms with Crippen molar-refractivity contribution in [1.29, 1.82) is 0 Å². The molecule has 1 aromatic carbocycles. The first-order valence-electron chi connectivity index (χ1n) is 3.98. The molecule has 0 radical (unpaired) electrons. The van der Waals surface area contributed by atoms with E-state index < -0.39 is 29.0 Å². The van der Waals surface area contributed by atoms with Crippen LogP contribution in [-0.4, -0.2) is 19.6 Å². The van der Waals surface area contributed by atoms with Gasteiger partial charge in [-0.15, -0.1) is 0 Å². The second kappa shape index (κ2) is 4.79. The van der Waals surface area contributed by atoms with Crippen LogP contribution in [0.15, 0.2) is 12.1 Å². The van der Waals surface area contributed by atoms with Gasteiger partial charge in [0, 0.05) is 19.2 Å². The summed E-state index contributed by atoms with van der Waals surface area (Å²) >= 11 is 0. The number of rotatable bonds is 3. The van der Waals surface area contributed by atoms with Gasteiger partial charge in [-0.2, -0.15) is 0 Å². The van der Waals surface area contributed by atoms with Gasteiger partial charge in [-0.05, 0) is 0 Å². The molecule has 0 aliphatic heterocycles. The second-order valence-electron chi connectivity index (χ2n) is 2.73. The van der Waals surface area contributed by atoms with E-state index in [-0.39, 0.29) is 6.61 Å². The van der Waals surface area contributed by atoms with Crippen molar-refractivity contribution < 1.29 is 22.7 Å². The molecular weight excluding hydrogens is 211 g/mol. The topological polar surface area (TPSA) is 38.3 Å². The summed E-state index contributed by atoms with van der Waals surface area (Å²) in [5.74, 6) is -4.23. The van der Waals surface area contributed by atoms with E-state index in [0.717, 1.165) is 0 Å². The van der Waals surface area contributed by atoms with Crippen molar-refractivity contribution in [2.24, 2.45) is 0 Å². The highest BCUT2D eigenvalue weighted by Gasteiger charge is 2.11. The summed E-state index contributed by atoms with van der Waals surface area (Å²) in [6, 6.07) is 0.927. The first kappa shape index (κ1) is 11.5. The smallest absolute Gasteiger partial charge is 0.250 e. The van der Waals surface area contributed by atoms with Crippen molar-refractivity contribution in [1.82, 2.24) is 0 Å². The number of hydrogen-bond donors (Lipinski definition) is 1. The Hall–Kier alpha value is -1.56. The van der Waals surface area contributed by atoms with Crippen LogP contribution in [0.5, 0.6) is 0 Å². The van der Waals surface area contributed by atoms with Crippen LogP contribution in [0.2, 0.25) is 0 Å². The number of amides is 1. The maximum Gasteiger partial charge on any atom is 0.250 e. The summed E-state index contributed by atoms with van der Waals surface area (Å²) < 4.78 is 42.6. The molecule has 6 heteroatoms. The molecule has 1 amide bonds. The molecular formula is C9H8F3NO2. The fourth-order valence-corrected chi connectivity index (χ4v) is 0.936. The molecule has 0 spiro atoms. The first-order chi connectivity index (χ1) is 7.04. The Morgan fingerprint density at radius 3 is 2.47 bits per heavy atom. The van der Waals surface area contributed by atoms with E-state index in [1.54, 1.807) is 0 Å². The molecule has 0 heterocycles. The number of carbonyl (C=O) groups is 1. The molecule has 0 fully saturated rings. The SMILES string of the molecule is COCC(=O)Nc1cc(F)c(F)cc1F. The lowest BCUT2D eigenvalue weighted by atomic mass is 10.3. The quantitative estimate of drug-likeness (QED) is 0.785. The summed E-state index contributed by atoms with van der Waals surface area (Å²) in [7, 11) is 1.28. The highest BCUT2D eigenvalue weighted by Crippen LogP contribution is 2.18. The number of nitrogens with one attached hydrogen (secondary N) is 1. The third-order valence-corrected chi connectivity index (χ3v) is 1.56. The minimum Gasteiger partial charge on any atom is -0.375 e. The van der Waals surface area contributed by atoms with E-state index in [4.69, 9.17) is 0 Å². The molecule has 0 bridgehead atoms. The summed E-state index contributed by atoms with van der Waals surface area (Å²) in [5.41, 5.74) is -0.420. The van der Waals surface area contributed by atoms with Gasteiger partial charge in [-0.25, -0.2) is 13.2 Å². The Bertz CT molecular complexity index is 382. The number of hydrogen-bond acceptors (Lipinski definition) is 2. The normalized spacial score (nSPS) is 10.1. The number of anilines is 1. The third-order valence-electron chi connectivity index (χ3n) is 1.56. The molecule has 15 heavy (non-hydrogen) atoms.